The number of benzene rings is 2. The number of nitro groups is 1. The van der Waals surface area contributed by atoms with Gasteiger partial charge in [0.2, 0.25) is 5.89 Å². The second kappa shape index (κ2) is 10.1. The highest BCUT2D eigenvalue weighted by molar-refractivity contribution is 7.80. The lowest BCUT2D eigenvalue weighted by molar-refractivity contribution is -0.384. The lowest BCUT2D eigenvalue weighted by atomic mass is 10.1. The van der Waals surface area contributed by atoms with Crippen molar-refractivity contribution in [2.45, 2.75) is 19.3 Å². The number of carbonyl (C=O) groups is 1. The molecule has 4 aromatic rings. The van der Waals surface area contributed by atoms with Gasteiger partial charge in [-0.15, -0.1) is 0 Å². The SMILES string of the molecule is O=C(NC(=S)Nc1ccc(-c2nc3ncccc3o2)cc1)c1ccc(N2CCCCC2)c([N+](=O)[O-])c1. The van der Waals surface area contributed by atoms with E-state index in [0.717, 1.165) is 37.9 Å². The summed E-state index contributed by atoms with van der Waals surface area (Å²) < 4.78 is 5.72. The zero-order valence-electron chi connectivity index (χ0n) is 19.1. The standard InChI is InChI=1S/C25H22N6O4S/c32-23(17-8-11-19(20(15-17)31(33)34)30-13-2-1-3-14-30)29-25(36)27-18-9-6-16(7-10-18)24-28-22-21(35-24)5-4-12-26-22/h4-12,15H,1-3,13-14H2,(H2,27,29,32,36). The average molecular weight is 503 g/mol. The van der Waals surface area contributed by atoms with Crippen LogP contribution < -0.4 is 15.5 Å². The number of carbonyl (C=O) groups excluding carboxylic acids is 1. The van der Waals surface area contributed by atoms with E-state index in [1.807, 2.05) is 4.90 Å². The van der Waals surface area contributed by atoms with Crippen LogP contribution in [0.5, 0.6) is 0 Å². The number of fused-ring (bicyclic) bond motifs is 1. The number of nitro benzene ring substituents is 1. The summed E-state index contributed by atoms with van der Waals surface area (Å²) in [5, 5.41) is 17.3. The van der Waals surface area contributed by atoms with Crippen LogP contribution in [-0.4, -0.2) is 39.0 Å². The van der Waals surface area contributed by atoms with Gasteiger partial charge in [0.1, 0.15) is 5.69 Å². The smallest absolute Gasteiger partial charge is 0.293 e. The molecule has 1 amide bonds. The van der Waals surface area contributed by atoms with Gasteiger partial charge in [0.15, 0.2) is 16.3 Å². The summed E-state index contributed by atoms with van der Waals surface area (Å²) in [5.41, 5.74) is 3.14. The van der Waals surface area contributed by atoms with Gasteiger partial charge < -0.3 is 14.6 Å². The highest BCUT2D eigenvalue weighted by atomic mass is 32.1. The summed E-state index contributed by atoms with van der Waals surface area (Å²) >= 11 is 5.27. The molecule has 0 bridgehead atoms. The van der Waals surface area contributed by atoms with Crippen molar-refractivity contribution in [1.82, 2.24) is 15.3 Å². The van der Waals surface area contributed by atoms with Crippen LogP contribution in [0.15, 0.2) is 65.2 Å². The molecule has 0 aliphatic carbocycles. The Morgan fingerprint density at radius 1 is 1.08 bits per heavy atom. The predicted octanol–water partition coefficient (Wildman–Crippen LogP) is 4.92. The predicted molar refractivity (Wildman–Crippen MR) is 140 cm³/mol. The number of rotatable bonds is 5. The molecule has 11 heteroatoms. The van der Waals surface area contributed by atoms with E-state index in [1.165, 1.54) is 6.07 Å². The number of amides is 1. The van der Waals surface area contributed by atoms with Crippen LogP contribution in [0.3, 0.4) is 0 Å². The number of anilines is 2. The molecule has 2 aromatic heterocycles. The minimum absolute atomic E-state index is 0.0709. The molecule has 36 heavy (non-hydrogen) atoms. The summed E-state index contributed by atoms with van der Waals surface area (Å²) in [7, 11) is 0. The Morgan fingerprint density at radius 2 is 1.86 bits per heavy atom. The molecule has 1 saturated heterocycles. The summed E-state index contributed by atoms with van der Waals surface area (Å²) in [6.45, 7) is 1.53. The van der Waals surface area contributed by atoms with Crippen LogP contribution in [0.4, 0.5) is 17.1 Å². The van der Waals surface area contributed by atoms with E-state index in [1.54, 1.807) is 54.7 Å². The quantitative estimate of drug-likeness (QED) is 0.222. The first-order chi connectivity index (χ1) is 17.5. The van der Waals surface area contributed by atoms with Gasteiger partial charge in [0.25, 0.3) is 11.6 Å². The second-order valence-electron chi connectivity index (χ2n) is 8.34. The number of thiocarbonyl (C=S) groups is 1. The third-order valence-corrected chi connectivity index (χ3v) is 6.12. The summed E-state index contributed by atoms with van der Waals surface area (Å²) in [5.74, 6) is -0.0860. The van der Waals surface area contributed by atoms with Crippen LogP contribution in [0.2, 0.25) is 0 Å². The van der Waals surface area contributed by atoms with Crippen molar-refractivity contribution in [1.29, 1.82) is 0 Å². The van der Waals surface area contributed by atoms with Crippen molar-refractivity contribution < 1.29 is 14.1 Å². The number of hydrogen-bond acceptors (Lipinski definition) is 8. The molecular formula is C25H22N6O4S. The molecule has 0 atom stereocenters. The van der Waals surface area contributed by atoms with Gasteiger partial charge in [-0.05, 0) is 80.0 Å². The molecule has 5 rings (SSSR count). The van der Waals surface area contributed by atoms with Gasteiger partial charge in [-0.1, -0.05) is 0 Å². The molecule has 0 spiro atoms. The maximum Gasteiger partial charge on any atom is 0.293 e. The lowest BCUT2D eigenvalue weighted by Crippen LogP contribution is -2.34. The van der Waals surface area contributed by atoms with Crippen molar-refractivity contribution in [3.63, 3.8) is 0 Å². The van der Waals surface area contributed by atoms with Crippen molar-refractivity contribution in [3.05, 3.63) is 76.5 Å². The molecule has 3 heterocycles. The summed E-state index contributed by atoms with van der Waals surface area (Å²) in [6, 6.07) is 15.2. The maximum absolute atomic E-state index is 12.7. The Morgan fingerprint density at radius 3 is 2.58 bits per heavy atom. The number of nitrogens with one attached hydrogen (secondary N) is 2. The van der Waals surface area contributed by atoms with Gasteiger partial charge in [0, 0.05) is 42.2 Å². The van der Waals surface area contributed by atoms with Gasteiger partial charge in [-0.2, -0.15) is 4.98 Å². The van der Waals surface area contributed by atoms with E-state index < -0.39 is 10.8 Å². The molecule has 2 aromatic carbocycles. The van der Waals surface area contributed by atoms with Gasteiger partial charge in [-0.3, -0.25) is 20.2 Å². The first kappa shape index (κ1) is 23.4. The minimum Gasteiger partial charge on any atom is -0.434 e. The molecular weight excluding hydrogens is 480 g/mol. The first-order valence-corrected chi connectivity index (χ1v) is 11.9. The number of pyridine rings is 1. The van der Waals surface area contributed by atoms with E-state index >= 15 is 0 Å². The average Bonchev–Trinajstić information content (AvgIpc) is 3.33. The van der Waals surface area contributed by atoms with E-state index in [0.29, 0.717) is 28.5 Å². The third kappa shape index (κ3) is 5.01. The van der Waals surface area contributed by atoms with Crippen LogP contribution >= 0.6 is 12.2 Å². The fourth-order valence-electron chi connectivity index (χ4n) is 4.14. The van der Waals surface area contributed by atoms with Gasteiger partial charge >= 0.3 is 0 Å². The molecule has 1 fully saturated rings. The summed E-state index contributed by atoms with van der Waals surface area (Å²) in [6.07, 6.45) is 4.75. The Balaban J connectivity index is 1.24. The van der Waals surface area contributed by atoms with Crippen molar-refractivity contribution in [2.24, 2.45) is 0 Å². The Kier molecular flexibility index (Phi) is 6.54. The normalized spacial score (nSPS) is 13.4. The highest BCUT2D eigenvalue weighted by Gasteiger charge is 2.23. The van der Waals surface area contributed by atoms with E-state index in [4.69, 9.17) is 16.6 Å². The number of piperidine rings is 1. The fraction of sp³-hybridized carbons (Fsp3) is 0.200. The lowest BCUT2D eigenvalue weighted by Gasteiger charge is -2.28. The van der Waals surface area contributed by atoms with E-state index in [-0.39, 0.29) is 16.4 Å². The maximum atomic E-state index is 12.7. The van der Waals surface area contributed by atoms with Crippen molar-refractivity contribution in [3.8, 4) is 11.5 Å². The summed E-state index contributed by atoms with van der Waals surface area (Å²) in [4.78, 5) is 34.5. The second-order valence-corrected chi connectivity index (χ2v) is 8.75. The van der Waals surface area contributed by atoms with Crippen LogP contribution in [-0.2, 0) is 0 Å². The topological polar surface area (TPSA) is 126 Å². The van der Waals surface area contributed by atoms with Gasteiger partial charge in [0.05, 0.1) is 4.92 Å². The van der Waals surface area contributed by atoms with E-state index in [9.17, 15) is 14.9 Å². The molecule has 0 unspecified atom stereocenters. The molecule has 10 nitrogen and oxygen atoms in total. The fourth-order valence-corrected chi connectivity index (χ4v) is 4.35. The third-order valence-electron chi connectivity index (χ3n) is 5.91. The number of oxazole rings is 1. The molecule has 0 saturated carbocycles. The Hall–Kier alpha value is -4.38. The molecule has 182 valence electrons. The number of hydrogen-bond donors (Lipinski definition) is 2. The minimum atomic E-state index is -0.531. The van der Waals surface area contributed by atoms with Crippen molar-refractivity contribution >= 4 is 51.5 Å². The molecule has 1 aliphatic rings. The van der Waals surface area contributed by atoms with Crippen LogP contribution in [0.1, 0.15) is 29.6 Å². The van der Waals surface area contributed by atoms with Crippen molar-refractivity contribution in [2.75, 3.05) is 23.3 Å². The number of aromatic nitrogens is 2. The van der Waals surface area contributed by atoms with Crippen LogP contribution in [0.25, 0.3) is 22.7 Å². The zero-order valence-corrected chi connectivity index (χ0v) is 20.0. The first-order valence-electron chi connectivity index (χ1n) is 11.5. The van der Waals surface area contributed by atoms with Crippen LogP contribution in [0, 0.1) is 10.1 Å². The molecule has 0 radical (unpaired) electrons. The number of nitrogens with zero attached hydrogens (tertiary/aromatic N) is 4. The molecule has 1 aliphatic heterocycles. The zero-order chi connectivity index (χ0) is 25.1. The van der Waals surface area contributed by atoms with E-state index in [2.05, 4.69) is 20.6 Å². The monoisotopic (exact) mass is 502 g/mol. The molecule has 2 N–H and O–H groups in total. The highest BCUT2D eigenvalue weighted by Crippen LogP contribution is 2.31. The largest absolute Gasteiger partial charge is 0.434 e. The Labute approximate surface area is 211 Å². The Bertz CT molecular complexity index is 1410. The van der Waals surface area contributed by atoms with Gasteiger partial charge in [-0.25, -0.2) is 4.98 Å².